The molecular weight excluding hydrogens is 314 g/mol. The zero-order valence-corrected chi connectivity index (χ0v) is 14.4. The van der Waals surface area contributed by atoms with Crippen LogP contribution in [0.2, 0.25) is 0 Å². The van der Waals surface area contributed by atoms with Gasteiger partial charge >= 0.3 is 0 Å². The van der Waals surface area contributed by atoms with Gasteiger partial charge in [0.15, 0.2) is 0 Å². The van der Waals surface area contributed by atoms with Crippen molar-refractivity contribution < 1.29 is 4.79 Å². The molecule has 22 heavy (non-hydrogen) atoms. The summed E-state index contributed by atoms with van der Waals surface area (Å²) in [4.78, 5) is 24.0. The maximum absolute atomic E-state index is 12.2. The van der Waals surface area contributed by atoms with Gasteiger partial charge < -0.3 is 5.32 Å². The highest BCUT2D eigenvalue weighted by Crippen LogP contribution is 2.41. The molecule has 6 heteroatoms. The molecule has 2 aromatic rings. The number of hydrogen-bond donors (Lipinski definition) is 1. The van der Waals surface area contributed by atoms with E-state index >= 15 is 0 Å². The first-order valence-electron chi connectivity index (χ1n) is 7.87. The van der Waals surface area contributed by atoms with Crippen LogP contribution in [0.5, 0.6) is 0 Å². The van der Waals surface area contributed by atoms with Crippen LogP contribution in [0.4, 0.5) is 0 Å². The summed E-state index contributed by atoms with van der Waals surface area (Å²) >= 11 is 3.39. The topological polar surface area (TPSA) is 54.9 Å². The third-order valence-electron chi connectivity index (χ3n) is 4.22. The van der Waals surface area contributed by atoms with E-state index in [2.05, 4.69) is 15.3 Å². The van der Waals surface area contributed by atoms with Gasteiger partial charge in [0, 0.05) is 16.3 Å². The third-order valence-corrected chi connectivity index (χ3v) is 6.50. The van der Waals surface area contributed by atoms with Crippen molar-refractivity contribution in [2.24, 2.45) is 0 Å². The van der Waals surface area contributed by atoms with Crippen LogP contribution in [0.1, 0.15) is 42.5 Å². The summed E-state index contributed by atoms with van der Waals surface area (Å²) in [5, 5.41) is 5.16. The summed E-state index contributed by atoms with van der Waals surface area (Å²) in [5.41, 5.74) is 1.43. The Morgan fingerprint density at radius 2 is 2.18 bits per heavy atom. The highest BCUT2D eigenvalue weighted by molar-refractivity contribution is 8.00. The van der Waals surface area contributed by atoms with Crippen molar-refractivity contribution in [2.45, 2.75) is 62.3 Å². The molecule has 0 unspecified atom stereocenters. The first kappa shape index (κ1) is 14.5. The van der Waals surface area contributed by atoms with Crippen molar-refractivity contribution in [1.29, 1.82) is 0 Å². The lowest BCUT2D eigenvalue weighted by atomic mass is 10.2. The lowest BCUT2D eigenvalue weighted by Gasteiger charge is -2.12. The van der Waals surface area contributed by atoms with E-state index in [-0.39, 0.29) is 11.2 Å². The van der Waals surface area contributed by atoms with Gasteiger partial charge in [-0.25, -0.2) is 9.97 Å². The van der Waals surface area contributed by atoms with Crippen LogP contribution in [-0.2, 0) is 17.6 Å². The fraction of sp³-hybridized carbons (Fsp3) is 0.562. The van der Waals surface area contributed by atoms with Crippen LogP contribution < -0.4 is 5.32 Å². The van der Waals surface area contributed by atoms with Crippen molar-refractivity contribution in [3.63, 3.8) is 0 Å². The van der Waals surface area contributed by atoms with Crippen molar-refractivity contribution >= 4 is 39.2 Å². The molecule has 1 amide bonds. The number of carbonyl (C=O) groups is 1. The highest BCUT2D eigenvalue weighted by Gasteiger charge is 2.28. The second-order valence-electron chi connectivity index (χ2n) is 6.16. The van der Waals surface area contributed by atoms with Gasteiger partial charge in [0.05, 0.1) is 5.25 Å². The van der Waals surface area contributed by atoms with Gasteiger partial charge in [-0.3, -0.25) is 4.79 Å². The van der Waals surface area contributed by atoms with Crippen LogP contribution in [0.25, 0.3) is 10.2 Å². The second-order valence-corrected chi connectivity index (χ2v) is 8.57. The Morgan fingerprint density at radius 3 is 2.95 bits per heavy atom. The van der Waals surface area contributed by atoms with E-state index < -0.39 is 0 Å². The number of aryl methyl sites for hydroxylation is 3. The summed E-state index contributed by atoms with van der Waals surface area (Å²) in [6.07, 6.45) is 5.76. The van der Waals surface area contributed by atoms with E-state index in [1.807, 2.05) is 13.8 Å². The van der Waals surface area contributed by atoms with Gasteiger partial charge in [0.1, 0.15) is 15.7 Å². The SMILES string of the molecule is Cc1nc(S[C@H](C)C(=O)NC2CC2)c2c3c(sc2n1)CCC3. The van der Waals surface area contributed by atoms with Crippen molar-refractivity contribution in [1.82, 2.24) is 15.3 Å². The second kappa shape index (κ2) is 5.49. The Balaban J connectivity index is 1.66. The first-order chi connectivity index (χ1) is 10.6. The maximum Gasteiger partial charge on any atom is 0.233 e. The largest absolute Gasteiger partial charge is 0.352 e. The van der Waals surface area contributed by atoms with E-state index in [4.69, 9.17) is 0 Å². The number of hydrogen-bond acceptors (Lipinski definition) is 5. The Kier molecular flexibility index (Phi) is 3.61. The summed E-state index contributed by atoms with van der Waals surface area (Å²) < 4.78 is 0. The molecule has 2 aromatic heterocycles. The smallest absolute Gasteiger partial charge is 0.233 e. The normalized spacial score (nSPS) is 18.5. The fourth-order valence-corrected chi connectivity index (χ4v) is 5.32. The molecule has 2 aliphatic carbocycles. The van der Waals surface area contributed by atoms with E-state index in [1.54, 1.807) is 23.1 Å². The Hall–Kier alpha value is -1.14. The predicted octanol–water partition coefficient (Wildman–Crippen LogP) is 3.25. The minimum absolute atomic E-state index is 0.116. The molecule has 0 saturated heterocycles. The minimum Gasteiger partial charge on any atom is -0.352 e. The van der Waals surface area contributed by atoms with Gasteiger partial charge in [-0.1, -0.05) is 11.8 Å². The van der Waals surface area contributed by atoms with Crippen LogP contribution in [0.3, 0.4) is 0 Å². The summed E-state index contributed by atoms with van der Waals surface area (Å²) in [5.74, 6) is 0.925. The molecule has 1 fully saturated rings. The van der Waals surface area contributed by atoms with Crippen molar-refractivity contribution in [2.75, 3.05) is 0 Å². The minimum atomic E-state index is -0.116. The summed E-state index contributed by atoms with van der Waals surface area (Å²) in [7, 11) is 0. The molecule has 2 aliphatic rings. The van der Waals surface area contributed by atoms with Crippen LogP contribution >= 0.6 is 23.1 Å². The number of nitrogens with one attached hydrogen (secondary N) is 1. The molecule has 116 valence electrons. The molecule has 0 aliphatic heterocycles. The van der Waals surface area contributed by atoms with Crippen LogP contribution in [0.15, 0.2) is 5.03 Å². The molecule has 0 radical (unpaired) electrons. The number of carbonyl (C=O) groups excluding carboxylic acids is 1. The molecule has 1 N–H and O–H groups in total. The maximum atomic E-state index is 12.2. The highest BCUT2D eigenvalue weighted by atomic mass is 32.2. The van der Waals surface area contributed by atoms with Crippen LogP contribution in [-0.4, -0.2) is 27.2 Å². The Bertz CT molecular complexity index is 751. The lowest BCUT2D eigenvalue weighted by Crippen LogP contribution is -2.32. The zero-order valence-electron chi connectivity index (χ0n) is 12.8. The van der Waals surface area contributed by atoms with Crippen LogP contribution in [0, 0.1) is 6.92 Å². The molecule has 4 rings (SSSR count). The van der Waals surface area contributed by atoms with Crippen molar-refractivity contribution in [3.05, 3.63) is 16.3 Å². The molecule has 2 heterocycles. The summed E-state index contributed by atoms with van der Waals surface area (Å²) in [6.45, 7) is 3.90. The summed E-state index contributed by atoms with van der Waals surface area (Å²) in [6, 6.07) is 0.410. The average Bonchev–Trinajstić information content (AvgIpc) is 3.03. The molecule has 0 aromatic carbocycles. The number of thiophene rings is 1. The van der Waals surface area contributed by atoms with Crippen molar-refractivity contribution in [3.8, 4) is 0 Å². The molecule has 4 nitrogen and oxygen atoms in total. The number of aromatic nitrogens is 2. The molecule has 1 saturated carbocycles. The quantitative estimate of drug-likeness (QED) is 0.689. The Labute approximate surface area is 138 Å². The lowest BCUT2D eigenvalue weighted by molar-refractivity contribution is -0.120. The van der Waals surface area contributed by atoms with Gasteiger partial charge in [-0.2, -0.15) is 0 Å². The fourth-order valence-electron chi connectivity index (χ4n) is 2.92. The Morgan fingerprint density at radius 1 is 1.36 bits per heavy atom. The average molecular weight is 333 g/mol. The number of nitrogens with zero attached hydrogens (tertiary/aromatic N) is 2. The van der Waals surface area contributed by atoms with E-state index in [1.165, 1.54) is 22.2 Å². The van der Waals surface area contributed by atoms with Gasteiger partial charge in [-0.05, 0) is 51.5 Å². The monoisotopic (exact) mass is 333 g/mol. The number of fused-ring (bicyclic) bond motifs is 3. The molecular formula is C16H19N3OS2. The van der Waals surface area contributed by atoms with Gasteiger partial charge in [0.25, 0.3) is 0 Å². The van der Waals surface area contributed by atoms with Gasteiger partial charge in [0.2, 0.25) is 5.91 Å². The molecule has 0 spiro atoms. The standard InChI is InChI=1S/C16H19N3OS2/c1-8(14(20)19-10-6-7-10)21-15-13-11-4-3-5-12(11)22-16(13)18-9(2)17-15/h8,10H,3-7H2,1-2H3,(H,19,20)/t8-/m1/s1. The molecule has 0 bridgehead atoms. The number of rotatable bonds is 4. The zero-order chi connectivity index (χ0) is 15.3. The first-order valence-corrected chi connectivity index (χ1v) is 9.57. The van der Waals surface area contributed by atoms with E-state index in [9.17, 15) is 4.79 Å². The molecule has 1 atom stereocenters. The predicted molar refractivity (Wildman–Crippen MR) is 90.7 cm³/mol. The van der Waals surface area contributed by atoms with E-state index in [0.717, 1.165) is 41.4 Å². The van der Waals surface area contributed by atoms with Gasteiger partial charge in [-0.15, -0.1) is 11.3 Å². The number of thioether (sulfide) groups is 1. The van der Waals surface area contributed by atoms with E-state index in [0.29, 0.717) is 6.04 Å². The third kappa shape index (κ3) is 2.63. The number of amides is 1.